The molecule has 1 atom stereocenters. The van der Waals surface area contributed by atoms with Crippen molar-refractivity contribution in [2.45, 2.75) is 25.7 Å². The zero-order valence-electron chi connectivity index (χ0n) is 14.5. The van der Waals surface area contributed by atoms with E-state index in [-0.39, 0.29) is 5.56 Å². The lowest BCUT2D eigenvalue weighted by molar-refractivity contribution is -0.119. The third-order valence-corrected chi connectivity index (χ3v) is 5.07. The quantitative estimate of drug-likeness (QED) is 0.804. The van der Waals surface area contributed by atoms with Gasteiger partial charge in [0.2, 0.25) is 0 Å². The number of benzene rings is 2. The molecule has 0 fully saturated rings. The van der Waals surface area contributed by atoms with Crippen LogP contribution in [-0.4, -0.2) is 28.4 Å². The van der Waals surface area contributed by atoms with E-state index in [4.69, 9.17) is 4.74 Å². The number of hydrogen-bond acceptors (Lipinski definition) is 4. The van der Waals surface area contributed by atoms with Crippen LogP contribution >= 0.6 is 0 Å². The maximum atomic E-state index is 12.2. The molecule has 0 saturated heterocycles. The van der Waals surface area contributed by atoms with E-state index in [2.05, 4.69) is 5.32 Å². The molecule has 0 bridgehead atoms. The van der Waals surface area contributed by atoms with Gasteiger partial charge in [-0.15, -0.1) is 0 Å². The highest BCUT2D eigenvalue weighted by Gasteiger charge is 2.17. The fraction of sp³-hybridized carbons (Fsp3) is 0.263. The number of carbonyl (C=O) groups excluding carboxylic acids is 2. The van der Waals surface area contributed by atoms with Gasteiger partial charge in [-0.25, -0.2) is 4.79 Å². The van der Waals surface area contributed by atoms with Gasteiger partial charge in [-0.2, -0.15) is 0 Å². The maximum Gasteiger partial charge on any atom is 0.339 e. The van der Waals surface area contributed by atoms with E-state index in [9.17, 15) is 13.8 Å². The van der Waals surface area contributed by atoms with Gasteiger partial charge in [0.25, 0.3) is 5.91 Å². The summed E-state index contributed by atoms with van der Waals surface area (Å²) in [4.78, 5) is 24.7. The van der Waals surface area contributed by atoms with Crippen molar-refractivity contribution < 1.29 is 18.5 Å². The van der Waals surface area contributed by atoms with Crippen molar-refractivity contribution in [3.8, 4) is 0 Å². The molecular formula is C19H21NO4S. The van der Waals surface area contributed by atoms with Crippen LogP contribution in [0.4, 0.5) is 5.69 Å². The van der Waals surface area contributed by atoms with Crippen LogP contribution in [0.25, 0.3) is 0 Å². The molecular weight excluding hydrogens is 338 g/mol. The van der Waals surface area contributed by atoms with Crippen LogP contribution in [0.5, 0.6) is 0 Å². The highest BCUT2D eigenvalue weighted by Crippen LogP contribution is 2.19. The molecule has 2 rings (SSSR count). The van der Waals surface area contributed by atoms with Crippen LogP contribution < -0.4 is 5.32 Å². The molecule has 0 aliphatic heterocycles. The van der Waals surface area contributed by atoms with Gasteiger partial charge in [0, 0.05) is 11.4 Å². The Balaban J connectivity index is 2.03. The summed E-state index contributed by atoms with van der Waals surface area (Å²) in [5.74, 6) is -0.675. The average Bonchev–Trinajstić information content (AvgIpc) is 2.62. The van der Waals surface area contributed by atoms with Crippen molar-refractivity contribution in [2.24, 2.45) is 0 Å². The fourth-order valence-electron chi connectivity index (χ4n) is 2.39. The summed E-state index contributed by atoms with van der Waals surface area (Å²) in [6, 6.07) is 12.3. The number of nitrogens with one attached hydrogen (secondary N) is 1. The van der Waals surface area contributed by atoms with Gasteiger partial charge in [0.1, 0.15) is 0 Å². The maximum absolute atomic E-state index is 12.2. The summed E-state index contributed by atoms with van der Waals surface area (Å²) in [5, 5.41) is 2.76. The van der Waals surface area contributed by atoms with Gasteiger partial charge < -0.3 is 10.1 Å². The number of anilines is 1. The molecule has 0 spiro atoms. The molecule has 5 nitrogen and oxygen atoms in total. The number of rotatable bonds is 6. The lowest BCUT2D eigenvalue weighted by atomic mass is 10.1. The van der Waals surface area contributed by atoms with Gasteiger partial charge >= 0.3 is 5.97 Å². The van der Waals surface area contributed by atoms with Crippen molar-refractivity contribution in [3.63, 3.8) is 0 Å². The van der Waals surface area contributed by atoms with Crippen LogP contribution in [0.15, 0.2) is 47.4 Å². The predicted octanol–water partition coefficient (Wildman–Crippen LogP) is 3.23. The lowest BCUT2D eigenvalue weighted by Crippen LogP contribution is -2.22. The van der Waals surface area contributed by atoms with Gasteiger partial charge in [-0.1, -0.05) is 37.3 Å². The first-order valence-corrected chi connectivity index (χ1v) is 9.26. The minimum Gasteiger partial charge on any atom is -0.452 e. The Bertz CT molecular complexity index is 797. The summed E-state index contributed by atoms with van der Waals surface area (Å²) in [6.45, 7) is 5.16. The molecule has 1 N–H and O–H groups in total. The number of ether oxygens (including phenoxy) is 1. The summed E-state index contributed by atoms with van der Waals surface area (Å²) < 4.78 is 17.1. The molecule has 1 amide bonds. The smallest absolute Gasteiger partial charge is 0.339 e. The molecule has 0 saturated carbocycles. The van der Waals surface area contributed by atoms with Crippen LogP contribution in [0.1, 0.15) is 28.4 Å². The summed E-state index contributed by atoms with van der Waals surface area (Å²) >= 11 is 0. The van der Waals surface area contributed by atoms with Crippen LogP contribution in [0, 0.1) is 13.8 Å². The summed E-state index contributed by atoms with van der Waals surface area (Å²) in [7, 11) is -1.28. The normalized spacial score (nSPS) is 11.6. The highest BCUT2D eigenvalue weighted by atomic mass is 32.2. The third-order valence-electron chi connectivity index (χ3n) is 3.69. The number of amides is 1. The van der Waals surface area contributed by atoms with Crippen LogP contribution in [0.3, 0.4) is 0 Å². The van der Waals surface area contributed by atoms with E-state index in [1.54, 1.807) is 31.2 Å². The van der Waals surface area contributed by atoms with Crippen molar-refractivity contribution >= 4 is 28.4 Å². The Kier molecular flexibility index (Phi) is 6.47. The number of aryl methyl sites for hydroxylation is 2. The molecule has 2 aromatic rings. The van der Waals surface area contributed by atoms with E-state index >= 15 is 0 Å². The van der Waals surface area contributed by atoms with Gasteiger partial charge in [-0.05, 0) is 37.1 Å². The molecule has 6 heteroatoms. The second-order valence-corrected chi connectivity index (χ2v) is 7.23. The third kappa shape index (κ3) is 4.76. The molecule has 0 aromatic heterocycles. The minimum absolute atomic E-state index is 0.225. The Morgan fingerprint density at radius 3 is 2.32 bits per heavy atom. The Morgan fingerprint density at radius 1 is 1.04 bits per heavy atom. The van der Waals surface area contributed by atoms with Crippen molar-refractivity contribution in [1.29, 1.82) is 0 Å². The number of para-hydroxylation sites is 1. The van der Waals surface area contributed by atoms with Gasteiger partial charge in [0.15, 0.2) is 6.61 Å². The van der Waals surface area contributed by atoms with E-state index < -0.39 is 29.3 Å². The number of esters is 1. The highest BCUT2D eigenvalue weighted by molar-refractivity contribution is 7.85. The first-order valence-electron chi connectivity index (χ1n) is 7.94. The number of hydrogen-bond donors (Lipinski definition) is 1. The molecule has 25 heavy (non-hydrogen) atoms. The number of carbonyl (C=O) groups is 2. The van der Waals surface area contributed by atoms with Crippen molar-refractivity contribution in [1.82, 2.24) is 0 Å². The molecule has 2 aromatic carbocycles. The zero-order chi connectivity index (χ0) is 18.4. The fourth-order valence-corrected chi connectivity index (χ4v) is 3.32. The molecule has 0 radical (unpaired) electrons. The molecule has 0 heterocycles. The predicted molar refractivity (Wildman–Crippen MR) is 98.2 cm³/mol. The largest absolute Gasteiger partial charge is 0.452 e. The Hall–Kier alpha value is -2.47. The molecule has 0 unspecified atom stereocenters. The van der Waals surface area contributed by atoms with E-state index in [1.165, 1.54) is 0 Å². The van der Waals surface area contributed by atoms with Crippen molar-refractivity contribution in [2.75, 3.05) is 17.7 Å². The zero-order valence-corrected chi connectivity index (χ0v) is 15.3. The first-order chi connectivity index (χ1) is 11.9. The minimum atomic E-state index is -1.28. The van der Waals surface area contributed by atoms with E-state index in [1.807, 2.05) is 32.0 Å². The van der Waals surface area contributed by atoms with Crippen LogP contribution in [0.2, 0.25) is 0 Å². The molecule has 0 aliphatic rings. The van der Waals surface area contributed by atoms with Crippen molar-refractivity contribution in [3.05, 3.63) is 59.2 Å². The molecule has 0 aliphatic carbocycles. The lowest BCUT2D eigenvalue weighted by Gasteiger charge is -2.12. The van der Waals surface area contributed by atoms with Gasteiger partial charge in [-0.3, -0.25) is 9.00 Å². The Labute approximate surface area is 149 Å². The average molecular weight is 359 g/mol. The summed E-state index contributed by atoms with van der Waals surface area (Å²) in [6.07, 6.45) is 0. The van der Waals surface area contributed by atoms with Crippen LogP contribution in [-0.2, 0) is 20.3 Å². The summed E-state index contributed by atoms with van der Waals surface area (Å²) in [5.41, 5.74) is 2.81. The first kappa shape index (κ1) is 18.9. The van der Waals surface area contributed by atoms with E-state index in [0.29, 0.717) is 10.6 Å². The van der Waals surface area contributed by atoms with Gasteiger partial charge in [0.05, 0.1) is 21.3 Å². The molecule has 132 valence electrons. The second kappa shape index (κ2) is 8.58. The SMILES string of the molecule is CC[S@](=O)c1ccccc1C(=O)OCC(=O)Nc1c(C)cccc1C. The Morgan fingerprint density at radius 2 is 1.68 bits per heavy atom. The topological polar surface area (TPSA) is 72.5 Å². The monoisotopic (exact) mass is 359 g/mol. The van der Waals surface area contributed by atoms with E-state index in [0.717, 1.165) is 16.8 Å². The second-order valence-electron chi connectivity index (χ2n) is 5.52. The standard InChI is InChI=1S/C19H21NO4S/c1-4-25(23)16-11-6-5-10-15(16)19(22)24-12-17(21)20-18-13(2)8-7-9-14(18)3/h5-11H,4,12H2,1-3H3,(H,20,21)/t25-/m0/s1.